The van der Waals surface area contributed by atoms with Crippen LogP contribution in [0.5, 0.6) is 0 Å². The Bertz CT molecular complexity index is 783. The zero-order valence-electron chi connectivity index (χ0n) is 12.3. The molecule has 2 aromatic carbocycles. The number of aliphatic hydroxyl groups excluding tert-OH is 2. The number of aliphatic hydroxyl groups is 2. The first kappa shape index (κ1) is 16.1. The first-order valence-corrected chi connectivity index (χ1v) is 8.78. The van der Waals surface area contributed by atoms with E-state index in [4.69, 9.17) is 0 Å². The van der Waals surface area contributed by atoms with E-state index < -0.39 is 45.5 Å². The second kappa shape index (κ2) is 5.70. The van der Waals surface area contributed by atoms with Gasteiger partial charge in [-0.25, -0.2) is 12.8 Å². The molecule has 0 amide bonds. The molecule has 0 aliphatic heterocycles. The molecule has 4 nitrogen and oxygen atoms in total. The van der Waals surface area contributed by atoms with E-state index in [2.05, 4.69) is 0 Å². The lowest BCUT2D eigenvalue weighted by molar-refractivity contribution is 0.130. The van der Waals surface area contributed by atoms with Crippen LogP contribution in [0.15, 0.2) is 59.5 Å². The van der Waals surface area contributed by atoms with Gasteiger partial charge in [0.25, 0.3) is 0 Å². The van der Waals surface area contributed by atoms with Crippen LogP contribution < -0.4 is 0 Å². The monoisotopic (exact) mass is 336 g/mol. The van der Waals surface area contributed by atoms with Crippen LogP contribution in [0.2, 0.25) is 0 Å². The van der Waals surface area contributed by atoms with Crippen molar-refractivity contribution in [1.29, 1.82) is 0 Å². The molecule has 3 rings (SSSR count). The van der Waals surface area contributed by atoms with E-state index in [9.17, 15) is 23.0 Å². The Balaban J connectivity index is 2.05. The lowest BCUT2D eigenvalue weighted by Crippen LogP contribution is -2.22. The van der Waals surface area contributed by atoms with Gasteiger partial charge in [-0.05, 0) is 29.8 Å². The summed E-state index contributed by atoms with van der Waals surface area (Å²) in [5.41, 5.74) is -0.550. The zero-order chi connectivity index (χ0) is 16.7. The highest BCUT2D eigenvalue weighted by Crippen LogP contribution is 2.63. The molecule has 0 saturated heterocycles. The Labute approximate surface area is 134 Å². The molecule has 0 aromatic heterocycles. The van der Waals surface area contributed by atoms with Crippen LogP contribution in [-0.2, 0) is 9.84 Å². The standard InChI is InChI=1S/C17H17FO4S/c18-13-8-6-12(7-9-13)15-16(17(15,10-19)11-20)23(21,22)14-4-2-1-3-5-14/h1-9,15-16,19-20H,10-11H2/t15-,16-/m1/s1. The van der Waals surface area contributed by atoms with Crippen LogP contribution in [-0.4, -0.2) is 37.1 Å². The smallest absolute Gasteiger partial charge is 0.182 e. The molecular weight excluding hydrogens is 319 g/mol. The van der Waals surface area contributed by atoms with Crippen LogP contribution in [0.4, 0.5) is 4.39 Å². The van der Waals surface area contributed by atoms with Crippen LogP contribution in [0.25, 0.3) is 0 Å². The molecule has 0 heterocycles. The second-order valence-corrected chi connectivity index (χ2v) is 7.93. The average Bonchev–Trinajstić information content (AvgIpc) is 3.27. The van der Waals surface area contributed by atoms with E-state index in [1.807, 2.05) is 0 Å². The van der Waals surface area contributed by atoms with Gasteiger partial charge in [0, 0.05) is 11.3 Å². The lowest BCUT2D eigenvalue weighted by Gasteiger charge is -2.11. The highest BCUT2D eigenvalue weighted by atomic mass is 32.2. The minimum atomic E-state index is -3.72. The largest absolute Gasteiger partial charge is 0.396 e. The molecule has 0 unspecified atom stereocenters. The molecule has 0 bridgehead atoms. The fourth-order valence-corrected chi connectivity index (χ4v) is 5.75. The fourth-order valence-electron chi connectivity index (χ4n) is 3.30. The van der Waals surface area contributed by atoms with Crippen molar-refractivity contribution in [2.24, 2.45) is 5.41 Å². The molecule has 122 valence electrons. The van der Waals surface area contributed by atoms with Crippen molar-refractivity contribution in [1.82, 2.24) is 0 Å². The molecule has 0 radical (unpaired) electrons. The fraction of sp³-hybridized carbons (Fsp3) is 0.294. The summed E-state index contributed by atoms with van der Waals surface area (Å²) in [5, 5.41) is 18.5. The summed E-state index contributed by atoms with van der Waals surface area (Å²) in [7, 11) is -3.72. The highest BCUT2D eigenvalue weighted by molar-refractivity contribution is 7.92. The van der Waals surface area contributed by atoms with Crippen molar-refractivity contribution in [2.45, 2.75) is 16.1 Å². The summed E-state index contributed by atoms with van der Waals surface area (Å²) in [5.74, 6) is -0.987. The Morgan fingerprint density at radius 1 is 0.957 bits per heavy atom. The van der Waals surface area contributed by atoms with E-state index >= 15 is 0 Å². The van der Waals surface area contributed by atoms with Gasteiger partial charge in [0.2, 0.25) is 0 Å². The van der Waals surface area contributed by atoms with Crippen LogP contribution >= 0.6 is 0 Å². The molecule has 1 fully saturated rings. The summed E-state index contributed by atoms with van der Waals surface area (Å²) in [6.07, 6.45) is 0. The van der Waals surface area contributed by atoms with Crippen molar-refractivity contribution < 1.29 is 23.0 Å². The second-order valence-electron chi connectivity index (χ2n) is 5.86. The van der Waals surface area contributed by atoms with E-state index in [0.29, 0.717) is 5.56 Å². The van der Waals surface area contributed by atoms with Crippen LogP contribution in [0.3, 0.4) is 0 Å². The number of benzene rings is 2. The highest BCUT2D eigenvalue weighted by Gasteiger charge is 2.70. The minimum absolute atomic E-state index is 0.154. The maximum atomic E-state index is 13.1. The van der Waals surface area contributed by atoms with Crippen LogP contribution in [0.1, 0.15) is 11.5 Å². The SMILES string of the molecule is O=S(=O)(c1ccccc1)[C@@H]1[C@@H](c2ccc(F)cc2)C1(CO)CO. The Hall–Kier alpha value is -1.76. The molecule has 2 atom stereocenters. The van der Waals surface area contributed by atoms with E-state index in [1.54, 1.807) is 18.2 Å². The Morgan fingerprint density at radius 3 is 2.04 bits per heavy atom. The van der Waals surface area contributed by atoms with Crippen LogP contribution in [0, 0.1) is 11.2 Å². The molecule has 1 saturated carbocycles. The predicted molar refractivity (Wildman–Crippen MR) is 83.2 cm³/mol. The maximum absolute atomic E-state index is 13.1. The van der Waals surface area contributed by atoms with E-state index in [-0.39, 0.29) is 4.90 Å². The quantitative estimate of drug-likeness (QED) is 0.872. The number of hydrogen-bond acceptors (Lipinski definition) is 4. The molecule has 2 N–H and O–H groups in total. The third-order valence-electron chi connectivity index (χ3n) is 4.60. The first-order chi connectivity index (χ1) is 11.0. The van der Waals surface area contributed by atoms with Crippen molar-refractivity contribution in [3.63, 3.8) is 0 Å². The van der Waals surface area contributed by atoms with Gasteiger partial charge in [-0.2, -0.15) is 0 Å². The van der Waals surface area contributed by atoms with Gasteiger partial charge in [0.1, 0.15) is 5.82 Å². The van der Waals surface area contributed by atoms with Gasteiger partial charge in [0.15, 0.2) is 9.84 Å². The van der Waals surface area contributed by atoms with E-state index in [0.717, 1.165) is 0 Å². The molecule has 1 aliphatic carbocycles. The number of rotatable bonds is 5. The summed E-state index contributed by atoms with van der Waals surface area (Å²) >= 11 is 0. The number of halogens is 1. The topological polar surface area (TPSA) is 74.6 Å². The summed E-state index contributed by atoms with van der Waals surface area (Å²) < 4.78 is 38.9. The Morgan fingerprint density at radius 2 is 1.52 bits per heavy atom. The van der Waals surface area contributed by atoms with E-state index in [1.165, 1.54) is 36.4 Å². The average molecular weight is 336 g/mol. The third-order valence-corrected chi connectivity index (χ3v) is 6.94. The predicted octanol–water partition coefficient (Wildman–Crippen LogP) is 1.74. The van der Waals surface area contributed by atoms with Gasteiger partial charge in [-0.1, -0.05) is 30.3 Å². The lowest BCUT2D eigenvalue weighted by atomic mass is 10.0. The van der Waals surface area contributed by atoms with Crippen molar-refractivity contribution >= 4 is 9.84 Å². The molecule has 6 heteroatoms. The summed E-state index contributed by atoms with van der Waals surface area (Å²) in [6, 6.07) is 13.5. The molecule has 23 heavy (non-hydrogen) atoms. The van der Waals surface area contributed by atoms with Crippen molar-refractivity contribution in [2.75, 3.05) is 13.2 Å². The summed E-state index contributed by atoms with van der Waals surface area (Å²) in [6.45, 7) is -0.912. The van der Waals surface area contributed by atoms with Gasteiger partial charge in [-0.3, -0.25) is 0 Å². The summed E-state index contributed by atoms with van der Waals surface area (Å²) in [4.78, 5) is 0.154. The van der Waals surface area contributed by atoms with Crippen molar-refractivity contribution in [3.8, 4) is 0 Å². The third kappa shape index (κ3) is 2.47. The van der Waals surface area contributed by atoms with Gasteiger partial charge in [-0.15, -0.1) is 0 Å². The number of hydrogen-bond donors (Lipinski definition) is 2. The molecule has 2 aromatic rings. The van der Waals surface area contributed by atoms with Gasteiger partial charge < -0.3 is 10.2 Å². The van der Waals surface area contributed by atoms with Gasteiger partial charge >= 0.3 is 0 Å². The molecule has 1 aliphatic rings. The number of sulfone groups is 1. The van der Waals surface area contributed by atoms with Crippen molar-refractivity contribution in [3.05, 3.63) is 66.0 Å². The first-order valence-electron chi connectivity index (χ1n) is 7.23. The minimum Gasteiger partial charge on any atom is -0.396 e. The Kier molecular flexibility index (Phi) is 4.00. The van der Waals surface area contributed by atoms with Gasteiger partial charge in [0.05, 0.1) is 23.4 Å². The molecular formula is C17H17FO4S. The normalized spacial score (nSPS) is 22.7. The zero-order valence-corrected chi connectivity index (χ0v) is 13.1. The maximum Gasteiger partial charge on any atom is 0.182 e. The molecule has 0 spiro atoms.